The number of nitrogens with zero attached hydrogens (tertiary/aromatic N) is 1. The van der Waals surface area contributed by atoms with Crippen LogP contribution >= 0.6 is 0 Å². The number of likely N-dealkylation sites (tertiary alicyclic amines) is 1. The maximum absolute atomic E-state index is 12.4. The molecule has 3 N–H and O–H groups in total. The predicted molar refractivity (Wildman–Crippen MR) is 79.7 cm³/mol. The van der Waals surface area contributed by atoms with Crippen LogP contribution in [0.15, 0.2) is 23.1 Å². The molecule has 1 fully saturated rings. The molecule has 0 aromatic heterocycles. The van der Waals surface area contributed by atoms with Gasteiger partial charge in [0, 0.05) is 30.6 Å². The Morgan fingerprint density at radius 3 is 2.38 bits per heavy atom. The van der Waals surface area contributed by atoms with Crippen LogP contribution in [0.4, 0.5) is 5.69 Å². The van der Waals surface area contributed by atoms with Crippen molar-refractivity contribution >= 4 is 21.4 Å². The molecule has 0 radical (unpaired) electrons. The van der Waals surface area contributed by atoms with Crippen LogP contribution in [-0.2, 0) is 9.84 Å². The summed E-state index contributed by atoms with van der Waals surface area (Å²) in [5.74, 6) is -0.261. The van der Waals surface area contributed by atoms with Crippen LogP contribution in [0.25, 0.3) is 0 Å². The largest absolute Gasteiger partial charge is 0.399 e. The lowest BCUT2D eigenvalue weighted by Crippen LogP contribution is -2.45. The number of rotatable bonds is 2. The number of piperidine rings is 1. The highest BCUT2D eigenvalue weighted by Crippen LogP contribution is 2.24. The maximum Gasteiger partial charge on any atom is 0.253 e. The molecule has 0 bridgehead atoms. The van der Waals surface area contributed by atoms with Gasteiger partial charge in [-0.2, -0.15) is 0 Å². The third-order valence-corrected chi connectivity index (χ3v) is 4.82. The topological polar surface area (TPSA) is 101 Å². The molecule has 1 aromatic carbocycles. The molecule has 0 spiro atoms. The van der Waals surface area contributed by atoms with E-state index in [1.807, 2.05) is 0 Å². The quantitative estimate of drug-likeness (QED) is 0.781. The van der Waals surface area contributed by atoms with Gasteiger partial charge in [-0.3, -0.25) is 4.79 Å². The van der Waals surface area contributed by atoms with Gasteiger partial charge in [-0.15, -0.1) is 0 Å². The summed E-state index contributed by atoms with van der Waals surface area (Å²) in [6.45, 7) is 2.63. The molecule has 0 unspecified atom stereocenters. The van der Waals surface area contributed by atoms with Crippen molar-refractivity contribution in [3.05, 3.63) is 23.8 Å². The smallest absolute Gasteiger partial charge is 0.253 e. The lowest BCUT2D eigenvalue weighted by Gasteiger charge is -2.35. The van der Waals surface area contributed by atoms with Gasteiger partial charge in [-0.1, -0.05) is 0 Å². The number of hydrogen-bond acceptors (Lipinski definition) is 5. The van der Waals surface area contributed by atoms with E-state index >= 15 is 0 Å². The number of nitrogen functional groups attached to an aromatic ring is 1. The summed E-state index contributed by atoms with van der Waals surface area (Å²) in [5.41, 5.74) is 5.45. The minimum absolute atomic E-state index is 0.0369. The van der Waals surface area contributed by atoms with E-state index in [-0.39, 0.29) is 22.1 Å². The van der Waals surface area contributed by atoms with Crippen LogP contribution < -0.4 is 5.73 Å². The minimum atomic E-state index is -3.42. The molecule has 1 aliphatic rings. The van der Waals surface area contributed by atoms with Gasteiger partial charge in [0.1, 0.15) is 0 Å². The zero-order chi connectivity index (χ0) is 15.8. The molecule has 6 nitrogen and oxygen atoms in total. The van der Waals surface area contributed by atoms with Crippen molar-refractivity contribution < 1.29 is 18.3 Å². The number of aliphatic hydroxyl groups is 1. The average molecular weight is 312 g/mol. The first-order valence-electron chi connectivity index (χ1n) is 6.71. The first kappa shape index (κ1) is 15.8. The molecule has 0 saturated carbocycles. The molecule has 1 heterocycles. The molecule has 0 aliphatic carbocycles. The van der Waals surface area contributed by atoms with Gasteiger partial charge in [0.05, 0.1) is 10.5 Å². The molecule has 0 atom stereocenters. The Balaban J connectivity index is 2.26. The Kier molecular flexibility index (Phi) is 3.99. The normalized spacial score (nSPS) is 18.5. The van der Waals surface area contributed by atoms with Gasteiger partial charge >= 0.3 is 0 Å². The SMILES string of the molecule is CC1(O)CCN(C(=O)c2cc(N)cc(S(C)(=O)=O)c2)CC1. The molecule has 1 aromatic rings. The lowest BCUT2D eigenvalue weighted by atomic mass is 9.93. The van der Waals surface area contributed by atoms with E-state index < -0.39 is 15.4 Å². The number of hydrogen-bond donors (Lipinski definition) is 2. The van der Waals surface area contributed by atoms with E-state index in [2.05, 4.69) is 0 Å². The van der Waals surface area contributed by atoms with Crippen molar-refractivity contribution in [2.24, 2.45) is 0 Å². The summed E-state index contributed by atoms with van der Waals surface area (Å²) in [4.78, 5) is 14.1. The Labute approximate surface area is 124 Å². The van der Waals surface area contributed by atoms with Gasteiger partial charge in [0.25, 0.3) is 5.91 Å². The van der Waals surface area contributed by atoms with Gasteiger partial charge in [-0.05, 0) is 38.0 Å². The fourth-order valence-corrected chi connectivity index (χ4v) is 3.02. The van der Waals surface area contributed by atoms with Crippen LogP contribution in [0.1, 0.15) is 30.1 Å². The molecule has 2 rings (SSSR count). The molecule has 116 valence electrons. The minimum Gasteiger partial charge on any atom is -0.399 e. The van der Waals surface area contributed by atoms with Gasteiger partial charge in [0.15, 0.2) is 9.84 Å². The molecule has 1 aliphatic heterocycles. The third-order valence-electron chi connectivity index (χ3n) is 3.73. The summed E-state index contributed by atoms with van der Waals surface area (Å²) in [5, 5.41) is 9.90. The second-order valence-electron chi connectivity index (χ2n) is 5.85. The summed E-state index contributed by atoms with van der Waals surface area (Å²) >= 11 is 0. The summed E-state index contributed by atoms with van der Waals surface area (Å²) in [7, 11) is -3.42. The lowest BCUT2D eigenvalue weighted by molar-refractivity contribution is -0.00203. The van der Waals surface area contributed by atoms with Crippen LogP contribution in [0.3, 0.4) is 0 Å². The zero-order valence-electron chi connectivity index (χ0n) is 12.2. The van der Waals surface area contributed by atoms with E-state index in [0.29, 0.717) is 25.9 Å². The molecule has 1 amide bonds. The average Bonchev–Trinajstić information content (AvgIpc) is 2.36. The zero-order valence-corrected chi connectivity index (χ0v) is 13.0. The van der Waals surface area contributed by atoms with Crippen molar-refractivity contribution in [1.82, 2.24) is 4.90 Å². The van der Waals surface area contributed by atoms with Crippen molar-refractivity contribution in [1.29, 1.82) is 0 Å². The molecular weight excluding hydrogens is 292 g/mol. The number of nitrogens with two attached hydrogens (primary N) is 1. The van der Waals surface area contributed by atoms with Crippen LogP contribution in [0.2, 0.25) is 0 Å². The second-order valence-corrected chi connectivity index (χ2v) is 7.87. The van der Waals surface area contributed by atoms with Gasteiger partial charge < -0.3 is 15.7 Å². The van der Waals surface area contributed by atoms with E-state index in [9.17, 15) is 18.3 Å². The standard InChI is InChI=1S/C14H20N2O4S/c1-14(18)3-5-16(6-4-14)13(17)10-7-11(15)9-12(8-10)21(2,19)20/h7-9,18H,3-6,15H2,1-2H3. The fourth-order valence-electron chi connectivity index (χ4n) is 2.33. The first-order chi connectivity index (χ1) is 9.58. The second kappa shape index (κ2) is 5.31. The van der Waals surface area contributed by atoms with Gasteiger partial charge in [0.2, 0.25) is 0 Å². The summed E-state index contributed by atoms with van der Waals surface area (Å²) < 4.78 is 23.2. The molecular formula is C14H20N2O4S. The third kappa shape index (κ3) is 3.74. The number of sulfone groups is 1. The fraction of sp³-hybridized carbons (Fsp3) is 0.500. The van der Waals surface area contributed by atoms with Crippen LogP contribution in [0.5, 0.6) is 0 Å². The highest BCUT2D eigenvalue weighted by molar-refractivity contribution is 7.90. The van der Waals surface area contributed by atoms with E-state index in [1.54, 1.807) is 11.8 Å². The summed E-state index contributed by atoms with van der Waals surface area (Å²) in [6, 6.07) is 4.16. The highest BCUT2D eigenvalue weighted by atomic mass is 32.2. The van der Waals surface area contributed by atoms with Gasteiger partial charge in [-0.25, -0.2) is 8.42 Å². The first-order valence-corrected chi connectivity index (χ1v) is 8.60. The monoisotopic (exact) mass is 312 g/mol. The van der Waals surface area contributed by atoms with Crippen molar-refractivity contribution in [2.45, 2.75) is 30.3 Å². The van der Waals surface area contributed by atoms with Crippen molar-refractivity contribution in [3.8, 4) is 0 Å². The Morgan fingerprint density at radius 1 is 1.29 bits per heavy atom. The number of carbonyl (C=O) groups is 1. The highest BCUT2D eigenvalue weighted by Gasteiger charge is 2.30. The number of benzene rings is 1. The summed E-state index contributed by atoms with van der Waals surface area (Å²) in [6.07, 6.45) is 2.08. The number of anilines is 1. The van der Waals surface area contributed by atoms with E-state index in [1.165, 1.54) is 18.2 Å². The molecule has 1 saturated heterocycles. The number of amides is 1. The molecule has 7 heteroatoms. The van der Waals surface area contributed by atoms with E-state index in [0.717, 1.165) is 6.26 Å². The van der Waals surface area contributed by atoms with Crippen molar-refractivity contribution in [2.75, 3.05) is 25.1 Å². The molecule has 21 heavy (non-hydrogen) atoms. The van der Waals surface area contributed by atoms with Crippen LogP contribution in [-0.4, -0.2) is 49.3 Å². The van der Waals surface area contributed by atoms with E-state index in [4.69, 9.17) is 5.73 Å². The van der Waals surface area contributed by atoms with Crippen molar-refractivity contribution in [3.63, 3.8) is 0 Å². The predicted octanol–water partition coefficient (Wildman–Crippen LogP) is 0.659. The Hall–Kier alpha value is -1.60. The number of carbonyl (C=O) groups excluding carboxylic acids is 1. The maximum atomic E-state index is 12.4. The Bertz CT molecular complexity index is 658. The van der Waals surface area contributed by atoms with Crippen LogP contribution in [0, 0.1) is 0 Å². The Morgan fingerprint density at radius 2 is 1.86 bits per heavy atom.